The highest BCUT2D eigenvalue weighted by atomic mass is 14.1. The van der Waals surface area contributed by atoms with E-state index in [0.29, 0.717) is 0 Å². The standard InChI is InChI=1S/C18H24/c1-14(2)11-18-10-9-17(12-15(18)3)13-16-7-5-4-6-8-16/h5,7-10,12,14H,4,6,11,13H2,1-3H3. The van der Waals surface area contributed by atoms with Crippen molar-refractivity contribution in [2.75, 3.05) is 0 Å². The first kappa shape index (κ1) is 13.1. The second-order valence-corrected chi connectivity index (χ2v) is 5.79. The highest BCUT2D eigenvalue weighted by Gasteiger charge is 2.04. The zero-order chi connectivity index (χ0) is 13.0. The van der Waals surface area contributed by atoms with Gasteiger partial charge in [0, 0.05) is 0 Å². The summed E-state index contributed by atoms with van der Waals surface area (Å²) in [4.78, 5) is 0. The number of aryl methyl sites for hydroxylation is 1. The minimum atomic E-state index is 0.735. The monoisotopic (exact) mass is 240 g/mol. The quantitative estimate of drug-likeness (QED) is 0.693. The summed E-state index contributed by atoms with van der Waals surface area (Å²) in [6, 6.07) is 6.98. The van der Waals surface area contributed by atoms with Crippen LogP contribution >= 0.6 is 0 Å². The molecule has 0 spiro atoms. The maximum absolute atomic E-state index is 2.37. The maximum Gasteiger partial charge on any atom is -0.00289 e. The molecule has 0 atom stereocenters. The molecule has 0 nitrogen and oxygen atoms in total. The van der Waals surface area contributed by atoms with Crippen LogP contribution in [0.3, 0.4) is 0 Å². The Kier molecular flexibility index (Phi) is 4.41. The molecule has 1 aromatic rings. The molecule has 0 saturated carbocycles. The van der Waals surface area contributed by atoms with Gasteiger partial charge in [-0.1, -0.05) is 50.3 Å². The zero-order valence-electron chi connectivity index (χ0n) is 11.9. The number of hydrogen-bond acceptors (Lipinski definition) is 0. The first-order valence-electron chi connectivity index (χ1n) is 7.09. The van der Waals surface area contributed by atoms with Gasteiger partial charge >= 0.3 is 0 Å². The fourth-order valence-electron chi connectivity index (χ4n) is 2.57. The van der Waals surface area contributed by atoms with E-state index >= 15 is 0 Å². The van der Waals surface area contributed by atoms with E-state index in [0.717, 1.165) is 12.3 Å². The van der Waals surface area contributed by atoms with Crippen molar-refractivity contribution in [1.82, 2.24) is 0 Å². The van der Waals surface area contributed by atoms with Crippen LogP contribution in [0.25, 0.3) is 0 Å². The predicted octanol–water partition coefficient (Wildman–Crippen LogP) is 5.01. The van der Waals surface area contributed by atoms with Gasteiger partial charge in [0.25, 0.3) is 0 Å². The Labute approximate surface area is 111 Å². The van der Waals surface area contributed by atoms with Crippen LogP contribution in [0.4, 0.5) is 0 Å². The van der Waals surface area contributed by atoms with E-state index in [1.807, 2.05) is 0 Å². The lowest BCUT2D eigenvalue weighted by Crippen LogP contribution is -1.99. The summed E-state index contributed by atoms with van der Waals surface area (Å²) in [5, 5.41) is 0. The summed E-state index contributed by atoms with van der Waals surface area (Å²) >= 11 is 0. The SMILES string of the molecule is Cc1cc(CC2=CCCC=C2)ccc1CC(C)C. The minimum Gasteiger partial charge on any atom is -0.0840 e. The molecule has 0 unspecified atom stereocenters. The van der Waals surface area contributed by atoms with E-state index in [9.17, 15) is 0 Å². The third kappa shape index (κ3) is 3.60. The average molecular weight is 240 g/mol. The topological polar surface area (TPSA) is 0 Å². The Balaban J connectivity index is 2.08. The molecule has 96 valence electrons. The van der Waals surface area contributed by atoms with Gasteiger partial charge in [-0.15, -0.1) is 0 Å². The van der Waals surface area contributed by atoms with Crippen LogP contribution in [0.2, 0.25) is 0 Å². The van der Waals surface area contributed by atoms with E-state index in [2.05, 4.69) is 57.2 Å². The second-order valence-electron chi connectivity index (χ2n) is 5.79. The molecule has 1 aliphatic carbocycles. The summed E-state index contributed by atoms with van der Waals surface area (Å²) in [5.41, 5.74) is 5.86. The van der Waals surface area contributed by atoms with Crippen molar-refractivity contribution in [3.8, 4) is 0 Å². The molecule has 18 heavy (non-hydrogen) atoms. The largest absolute Gasteiger partial charge is 0.0840 e. The second kappa shape index (κ2) is 6.04. The van der Waals surface area contributed by atoms with E-state index in [4.69, 9.17) is 0 Å². The third-order valence-electron chi connectivity index (χ3n) is 3.52. The predicted molar refractivity (Wildman–Crippen MR) is 79.9 cm³/mol. The van der Waals surface area contributed by atoms with Gasteiger partial charge in [0.1, 0.15) is 0 Å². The van der Waals surface area contributed by atoms with Crippen LogP contribution in [0.5, 0.6) is 0 Å². The van der Waals surface area contributed by atoms with Crippen molar-refractivity contribution in [2.45, 2.75) is 46.5 Å². The first-order valence-corrected chi connectivity index (χ1v) is 7.09. The number of rotatable bonds is 4. The summed E-state index contributed by atoms with van der Waals surface area (Å²) in [6.45, 7) is 6.81. The number of hydrogen-bond donors (Lipinski definition) is 0. The van der Waals surface area contributed by atoms with E-state index in [1.54, 1.807) is 0 Å². The molecule has 0 aliphatic heterocycles. The van der Waals surface area contributed by atoms with Crippen LogP contribution in [0.1, 0.15) is 43.4 Å². The zero-order valence-corrected chi connectivity index (χ0v) is 11.9. The summed E-state index contributed by atoms with van der Waals surface area (Å²) in [7, 11) is 0. The number of benzene rings is 1. The van der Waals surface area contributed by atoms with Gasteiger partial charge in [-0.2, -0.15) is 0 Å². The lowest BCUT2D eigenvalue weighted by atomic mass is 9.94. The molecule has 0 heterocycles. The maximum atomic E-state index is 2.37. The van der Waals surface area contributed by atoms with E-state index < -0.39 is 0 Å². The molecule has 0 radical (unpaired) electrons. The van der Waals surface area contributed by atoms with Gasteiger partial charge in [-0.3, -0.25) is 0 Å². The third-order valence-corrected chi connectivity index (χ3v) is 3.52. The van der Waals surface area contributed by atoms with Crippen LogP contribution in [0.15, 0.2) is 42.0 Å². The molecular formula is C18H24. The summed E-state index contributed by atoms with van der Waals surface area (Å²) < 4.78 is 0. The molecule has 2 rings (SSSR count). The van der Waals surface area contributed by atoms with Gasteiger partial charge in [-0.25, -0.2) is 0 Å². The fourth-order valence-corrected chi connectivity index (χ4v) is 2.57. The molecule has 0 amide bonds. The Morgan fingerprint density at radius 1 is 1.17 bits per heavy atom. The van der Waals surface area contributed by atoms with Gasteiger partial charge in [-0.05, 0) is 60.8 Å². The first-order chi connectivity index (χ1) is 8.65. The smallest absolute Gasteiger partial charge is 0.00289 e. The molecule has 0 fully saturated rings. The van der Waals surface area contributed by atoms with Crippen LogP contribution < -0.4 is 0 Å². The highest BCUT2D eigenvalue weighted by molar-refractivity contribution is 5.36. The lowest BCUT2D eigenvalue weighted by Gasteiger charge is -2.12. The Hall–Kier alpha value is -1.30. The molecule has 0 aromatic heterocycles. The lowest BCUT2D eigenvalue weighted by molar-refractivity contribution is 0.645. The van der Waals surface area contributed by atoms with Gasteiger partial charge in [0.15, 0.2) is 0 Å². The van der Waals surface area contributed by atoms with E-state index in [-0.39, 0.29) is 0 Å². The Morgan fingerprint density at radius 2 is 2.00 bits per heavy atom. The van der Waals surface area contributed by atoms with Crippen molar-refractivity contribution < 1.29 is 0 Å². The molecule has 1 aliphatic rings. The Bertz CT molecular complexity index is 461. The van der Waals surface area contributed by atoms with Gasteiger partial charge < -0.3 is 0 Å². The number of allylic oxidation sites excluding steroid dienone is 4. The van der Waals surface area contributed by atoms with Crippen molar-refractivity contribution in [3.05, 3.63) is 58.7 Å². The molecule has 0 saturated heterocycles. The van der Waals surface area contributed by atoms with Gasteiger partial charge in [0.05, 0.1) is 0 Å². The Morgan fingerprint density at radius 3 is 2.61 bits per heavy atom. The van der Waals surface area contributed by atoms with Crippen LogP contribution in [0, 0.1) is 12.8 Å². The molecule has 0 N–H and O–H groups in total. The fraction of sp³-hybridized carbons (Fsp3) is 0.444. The minimum absolute atomic E-state index is 0.735. The molecule has 1 aromatic carbocycles. The highest BCUT2D eigenvalue weighted by Crippen LogP contribution is 2.19. The molecular weight excluding hydrogens is 216 g/mol. The van der Waals surface area contributed by atoms with Crippen LogP contribution in [-0.2, 0) is 12.8 Å². The van der Waals surface area contributed by atoms with Crippen molar-refractivity contribution >= 4 is 0 Å². The summed E-state index contributed by atoms with van der Waals surface area (Å²) in [5.74, 6) is 0.735. The van der Waals surface area contributed by atoms with Crippen molar-refractivity contribution in [3.63, 3.8) is 0 Å². The summed E-state index contributed by atoms with van der Waals surface area (Å²) in [6.07, 6.45) is 11.6. The van der Waals surface area contributed by atoms with Crippen molar-refractivity contribution in [1.29, 1.82) is 0 Å². The average Bonchev–Trinajstić information content (AvgIpc) is 2.33. The van der Waals surface area contributed by atoms with Gasteiger partial charge in [0.2, 0.25) is 0 Å². The van der Waals surface area contributed by atoms with Crippen LogP contribution in [-0.4, -0.2) is 0 Å². The van der Waals surface area contributed by atoms with E-state index in [1.165, 1.54) is 41.5 Å². The molecule has 0 heteroatoms. The normalized spacial score (nSPS) is 15.0. The molecule has 0 bridgehead atoms. The van der Waals surface area contributed by atoms with Crippen molar-refractivity contribution in [2.24, 2.45) is 5.92 Å².